The Hall–Kier alpha value is -2.60. The van der Waals surface area contributed by atoms with E-state index in [1.54, 1.807) is 19.1 Å². The Labute approximate surface area is 172 Å². The number of hydrogen-bond acceptors (Lipinski definition) is 4. The van der Waals surface area contributed by atoms with Crippen LogP contribution in [-0.4, -0.2) is 30.3 Å². The fourth-order valence-corrected chi connectivity index (χ4v) is 2.96. The molecule has 0 unspecified atom stereocenters. The third-order valence-corrected chi connectivity index (χ3v) is 4.65. The number of rotatable bonds is 7. The SMILES string of the molecule is CCOC(=O)c1cccc(NC(=S)N[C@H](C)COc2ccc(C)c(C)c2)c1C. The molecule has 6 heteroatoms. The predicted octanol–water partition coefficient (Wildman–Crippen LogP) is 4.54. The smallest absolute Gasteiger partial charge is 0.338 e. The molecule has 0 amide bonds. The average Bonchev–Trinajstić information content (AvgIpc) is 2.64. The van der Waals surface area contributed by atoms with Gasteiger partial charge in [-0.05, 0) is 87.8 Å². The van der Waals surface area contributed by atoms with Gasteiger partial charge in [-0.15, -0.1) is 0 Å². The summed E-state index contributed by atoms with van der Waals surface area (Å²) < 4.78 is 10.9. The second-order valence-corrected chi connectivity index (χ2v) is 7.16. The first-order valence-electron chi connectivity index (χ1n) is 9.36. The zero-order valence-electron chi connectivity index (χ0n) is 17.1. The van der Waals surface area contributed by atoms with Gasteiger partial charge in [-0.3, -0.25) is 0 Å². The third kappa shape index (κ3) is 5.96. The Balaban J connectivity index is 1.91. The van der Waals surface area contributed by atoms with E-state index in [1.807, 2.05) is 38.1 Å². The molecule has 2 aromatic rings. The van der Waals surface area contributed by atoms with Gasteiger partial charge in [0.2, 0.25) is 0 Å². The van der Waals surface area contributed by atoms with Crippen LogP contribution in [0.1, 0.15) is 40.9 Å². The van der Waals surface area contributed by atoms with Gasteiger partial charge in [0.15, 0.2) is 5.11 Å². The second-order valence-electron chi connectivity index (χ2n) is 6.76. The molecule has 0 spiro atoms. The average molecular weight is 401 g/mol. The van der Waals surface area contributed by atoms with Crippen LogP contribution in [0.3, 0.4) is 0 Å². The Kier molecular flexibility index (Phi) is 7.81. The van der Waals surface area contributed by atoms with Gasteiger partial charge in [-0.2, -0.15) is 0 Å². The van der Waals surface area contributed by atoms with Gasteiger partial charge < -0.3 is 20.1 Å². The number of benzene rings is 2. The van der Waals surface area contributed by atoms with Crippen LogP contribution in [0.2, 0.25) is 0 Å². The first-order valence-corrected chi connectivity index (χ1v) is 9.77. The van der Waals surface area contributed by atoms with Crippen molar-refractivity contribution in [2.45, 2.75) is 40.7 Å². The molecule has 2 aromatic carbocycles. The van der Waals surface area contributed by atoms with Gasteiger partial charge in [0, 0.05) is 5.69 Å². The lowest BCUT2D eigenvalue weighted by Crippen LogP contribution is -2.39. The van der Waals surface area contributed by atoms with Crippen molar-refractivity contribution in [3.63, 3.8) is 0 Å². The fourth-order valence-electron chi connectivity index (χ4n) is 2.65. The number of hydrogen-bond donors (Lipinski definition) is 2. The predicted molar refractivity (Wildman–Crippen MR) is 117 cm³/mol. The molecule has 1 atom stereocenters. The van der Waals surface area contributed by atoms with Crippen LogP contribution in [0, 0.1) is 20.8 Å². The lowest BCUT2D eigenvalue weighted by molar-refractivity contribution is 0.0525. The van der Waals surface area contributed by atoms with Gasteiger partial charge in [0.05, 0.1) is 18.2 Å². The summed E-state index contributed by atoms with van der Waals surface area (Å²) in [6.45, 7) is 10.6. The van der Waals surface area contributed by atoms with Crippen molar-refractivity contribution in [3.8, 4) is 5.75 Å². The van der Waals surface area contributed by atoms with E-state index in [9.17, 15) is 4.79 Å². The van der Waals surface area contributed by atoms with Crippen LogP contribution < -0.4 is 15.4 Å². The summed E-state index contributed by atoms with van der Waals surface area (Å²) in [7, 11) is 0. The van der Waals surface area contributed by atoms with Crippen molar-refractivity contribution in [1.82, 2.24) is 5.32 Å². The standard InChI is InChI=1S/C22H28N2O3S/c1-6-26-21(25)19-8-7-9-20(17(19)5)24-22(28)23-16(4)13-27-18-11-10-14(2)15(3)12-18/h7-12,16H,6,13H2,1-5H3,(H2,23,24,28)/t16-/m1/s1. The Morgan fingerprint density at radius 3 is 2.57 bits per heavy atom. The van der Waals surface area contributed by atoms with Crippen LogP contribution in [-0.2, 0) is 4.74 Å². The molecule has 0 aromatic heterocycles. The summed E-state index contributed by atoms with van der Waals surface area (Å²) in [5, 5.41) is 6.83. The number of carbonyl (C=O) groups excluding carboxylic acids is 1. The molecule has 2 rings (SSSR count). The number of nitrogens with one attached hydrogen (secondary N) is 2. The van der Waals surface area contributed by atoms with Crippen LogP contribution in [0.15, 0.2) is 36.4 Å². The molecule has 0 saturated heterocycles. The monoisotopic (exact) mass is 400 g/mol. The summed E-state index contributed by atoms with van der Waals surface area (Å²) in [5.41, 5.74) is 4.53. The highest BCUT2D eigenvalue weighted by Crippen LogP contribution is 2.20. The van der Waals surface area contributed by atoms with E-state index in [4.69, 9.17) is 21.7 Å². The normalized spacial score (nSPS) is 11.5. The molecule has 0 aliphatic rings. The van der Waals surface area contributed by atoms with Gasteiger partial charge in [-0.25, -0.2) is 4.79 Å². The summed E-state index contributed by atoms with van der Waals surface area (Å²) in [6, 6.07) is 11.5. The number of thiocarbonyl (C=S) groups is 1. The Morgan fingerprint density at radius 2 is 1.89 bits per heavy atom. The third-order valence-electron chi connectivity index (χ3n) is 4.43. The maximum Gasteiger partial charge on any atom is 0.338 e. The zero-order valence-corrected chi connectivity index (χ0v) is 17.9. The fraction of sp³-hybridized carbons (Fsp3) is 0.364. The van der Waals surface area contributed by atoms with Crippen LogP contribution in [0.5, 0.6) is 5.75 Å². The van der Waals surface area contributed by atoms with E-state index < -0.39 is 0 Å². The van der Waals surface area contributed by atoms with Crippen molar-refractivity contribution in [3.05, 3.63) is 58.7 Å². The first-order chi connectivity index (χ1) is 13.3. The molecule has 0 aliphatic carbocycles. The number of esters is 1. The van der Waals surface area contributed by atoms with Crippen LogP contribution in [0.25, 0.3) is 0 Å². The topological polar surface area (TPSA) is 59.6 Å². The Bertz CT molecular complexity index is 852. The molecular formula is C22H28N2O3S. The minimum atomic E-state index is -0.335. The molecule has 0 bridgehead atoms. The summed E-state index contributed by atoms with van der Waals surface area (Å²) in [4.78, 5) is 12.0. The minimum Gasteiger partial charge on any atom is -0.491 e. The lowest BCUT2D eigenvalue weighted by atomic mass is 10.1. The molecule has 0 aliphatic heterocycles. The van der Waals surface area contributed by atoms with Gasteiger partial charge in [0.1, 0.15) is 12.4 Å². The van der Waals surface area contributed by atoms with Crippen LogP contribution in [0.4, 0.5) is 5.69 Å². The van der Waals surface area contributed by atoms with Crippen molar-refractivity contribution in [2.24, 2.45) is 0 Å². The molecule has 2 N–H and O–H groups in total. The highest BCUT2D eigenvalue weighted by molar-refractivity contribution is 7.80. The number of ether oxygens (including phenoxy) is 2. The number of carbonyl (C=O) groups is 1. The zero-order chi connectivity index (χ0) is 20.7. The molecular weight excluding hydrogens is 372 g/mol. The lowest BCUT2D eigenvalue weighted by Gasteiger charge is -2.19. The maximum absolute atomic E-state index is 12.0. The largest absolute Gasteiger partial charge is 0.491 e. The first kappa shape index (κ1) is 21.7. The molecule has 0 heterocycles. The summed E-state index contributed by atoms with van der Waals surface area (Å²) in [6.07, 6.45) is 0. The highest BCUT2D eigenvalue weighted by Gasteiger charge is 2.14. The van der Waals surface area contributed by atoms with Crippen molar-refractivity contribution >= 4 is 29.0 Å². The van der Waals surface area contributed by atoms with E-state index in [-0.39, 0.29) is 12.0 Å². The maximum atomic E-state index is 12.0. The van der Waals surface area contributed by atoms with E-state index in [2.05, 4.69) is 24.5 Å². The quantitative estimate of drug-likeness (QED) is 0.526. The van der Waals surface area contributed by atoms with Crippen molar-refractivity contribution in [1.29, 1.82) is 0 Å². The van der Waals surface area contributed by atoms with Crippen molar-refractivity contribution in [2.75, 3.05) is 18.5 Å². The van der Waals surface area contributed by atoms with E-state index in [0.717, 1.165) is 17.0 Å². The van der Waals surface area contributed by atoms with E-state index in [0.29, 0.717) is 23.9 Å². The van der Waals surface area contributed by atoms with Crippen LogP contribution >= 0.6 is 12.2 Å². The van der Waals surface area contributed by atoms with Gasteiger partial charge in [-0.1, -0.05) is 12.1 Å². The molecule has 150 valence electrons. The van der Waals surface area contributed by atoms with E-state index in [1.165, 1.54) is 11.1 Å². The molecule has 5 nitrogen and oxygen atoms in total. The summed E-state index contributed by atoms with van der Waals surface area (Å²) in [5.74, 6) is 0.506. The highest BCUT2D eigenvalue weighted by atomic mass is 32.1. The van der Waals surface area contributed by atoms with Gasteiger partial charge in [0.25, 0.3) is 0 Å². The second kappa shape index (κ2) is 10.1. The molecule has 0 radical (unpaired) electrons. The van der Waals surface area contributed by atoms with Gasteiger partial charge >= 0.3 is 5.97 Å². The molecule has 28 heavy (non-hydrogen) atoms. The summed E-state index contributed by atoms with van der Waals surface area (Å²) >= 11 is 5.41. The molecule has 0 saturated carbocycles. The van der Waals surface area contributed by atoms with Crippen molar-refractivity contribution < 1.29 is 14.3 Å². The number of aryl methyl sites for hydroxylation is 2. The molecule has 0 fully saturated rings. The Morgan fingerprint density at radius 1 is 1.14 bits per heavy atom. The minimum absolute atomic E-state index is 0.00940. The van der Waals surface area contributed by atoms with E-state index >= 15 is 0 Å². The number of anilines is 1.